The summed E-state index contributed by atoms with van der Waals surface area (Å²) in [5.41, 5.74) is 2.88. The van der Waals surface area contributed by atoms with Crippen molar-refractivity contribution >= 4 is 29.4 Å². The highest BCUT2D eigenvalue weighted by Crippen LogP contribution is 2.52. The summed E-state index contributed by atoms with van der Waals surface area (Å²) in [6.45, 7) is 5.18. The maximum absolute atomic E-state index is 12.4. The fourth-order valence-corrected chi connectivity index (χ4v) is 4.66. The highest BCUT2D eigenvalue weighted by atomic mass is 32.2. The maximum Gasteiger partial charge on any atom is 0.223 e. The lowest BCUT2D eigenvalue weighted by Crippen LogP contribution is -2.68. The van der Waals surface area contributed by atoms with Crippen molar-refractivity contribution in [2.75, 3.05) is 17.7 Å². The Balaban J connectivity index is 1.79. The molecule has 3 nitrogen and oxygen atoms in total. The minimum absolute atomic E-state index is 0.115. The molecule has 4 rings (SSSR count). The third-order valence-electron chi connectivity index (χ3n) is 5.77. The molecule has 1 atom stereocenters. The average molecular weight is 365 g/mol. The lowest BCUT2D eigenvalue weighted by Gasteiger charge is -2.49. The molecule has 0 aliphatic carbocycles. The molecule has 0 bridgehead atoms. The standard InChI is InChI=1S/C22H24N2OS/c1-21(2)18-6-4-5-7-19(18)24-15-13-20(25)23-22(21,24)14-12-16-8-10-17(26-3)11-9-16/h4-12,14H,13,15H2,1-3H3,(H,23,25)/b14-12+. The van der Waals surface area contributed by atoms with Crippen LogP contribution in [0.15, 0.2) is 59.5 Å². The average Bonchev–Trinajstić information content (AvgIpc) is 2.85. The Hall–Kier alpha value is -2.20. The number of rotatable bonds is 3. The molecule has 4 heteroatoms. The van der Waals surface area contributed by atoms with Gasteiger partial charge < -0.3 is 10.2 Å². The highest BCUT2D eigenvalue weighted by molar-refractivity contribution is 7.98. The van der Waals surface area contributed by atoms with Crippen LogP contribution in [0.3, 0.4) is 0 Å². The van der Waals surface area contributed by atoms with Gasteiger partial charge in [0.2, 0.25) is 5.91 Å². The van der Waals surface area contributed by atoms with Crippen molar-refractivity contribution in [3.05, 3.63) is 65.7 Å². The van der Waals surface area contributed by atoms with Crippen LogP contribution in [0.1, 0.15) is 31.4 Å². The fourth-order valence-electron chi connectivity index (χ4n) is 4.25. The van der Waals surface area contributed by atoms with Gasteiger partial charge in [0.05, 0.1) is 0 Å². The Bertz CT molecular complexity index is 872. The zero-order valence-electron chi connectivity index (χ0n) is 15.5. The van der Waals surface area contributed by atoms with E-state index in [4.69, 9.17) is 0 Å². The number of carbonyl (C=O) groups excluding carboxylic acids is 1. The van der Waals surface area contributed by atoms with Gasteiger partial charge in [-0.05, 0) is 41.7 Å². The van der Waals surface area contributed by atoms with E-state index in [0.29, 0.717) is 6.42 Å². The first-order valence-electron chi connectivity index (χ1n) is 8.99. The van der Waals surface area contributed by atoms with E-state index in [1.165, 1.54) is 16.1 Å². The fraction of sp³-hybridized carbons (Fsp3) is 0.318. The topological polar surface area (TPSA) is 32.3 Å². The smallest absolute Gasteiger partial charge is 0.223 e. The molecular weight excluding hydrogens is 340 g/mol. The van der Waals surface area contributed by atoms with Crippen LogP contribution in [0.4, 0.5) is 5.69 Å². The minimum Gasteiger partial charge on any atom is -0.344 e. The van der Waals surface area contributed by atoms with E-state index >= 15 is 0 Å². The summed E-state index contributed by atoms with van der Waals surface area (Å²) in [5.74, 6) is 0.115. The molecule has 2 aromatic carbocycles. The SMILES string of the molecule is CSc1ccc(/C=C/C23NC(=O)CCN2c2ccccc2C3(C)C)cc1. The Labute approximate surface area is 159 Å². The molecule has 2 aromatic rings. The first-order valence-corrected chi connectivity index (χ1v) is 10.2. The van der Waals surface area contributed by atoms with E-state index in [0.717, 1.165) is 12.1 Å². The van der Waals surface area contributed by atoms with Gasteiger partial charge in [0.25, 0.3) is 0 Å². The molecule has 134 valence electrons. The van der Waals surface area contributed by atoms with E-state index in [1.54, 1.807) is 11.8 Å². The van der Waals surface area contributed by atoms with Gasteiger partial charge in [-0.1, -0.05) is 50.3 Å². The van der Waals surface area contributed by atoms with Crippen LogP contribution < -0.4 is 10.2 Å². The number of nitrogens with zero attached hydrogens (tertiary/aromatic N) is 1. The number of fused-ring (bicyclic) bond motifs is 3. The Morgan fingerprint density at radius 1 is 1.12 bits per heavy atom. The van der Waals surface area contributed by atoms with Crippen LogP contribution in [0.25, 0.3) is 6.08 Å². The van der Waals surface area contributed by atoms with Gasteiger partial charge >= 0.3 is 0 Å². The molecular formula is C22H24N2OS. The number of nitrogens with one attached hydrogen (secondary N) is 1. The highest BCUT2D eigenvalue weighted by Gasteiger charge is 2.57. The number of benzene rings is 2. The second-order valence-corrected chi connectivity index (χ2v) is 8.34. The molecule has 2 aliphatic heterocycles. The molecule has 0 aromatic heterocycles. The summed E-state index contributed by atoms with van der Waals surface area (Å²) in [4.78, 5) is 16.0. The van der Waals surface area contributed by atoms with Crippen molar-refractivity contribution in [1.29, 1.82) is 0 Å². The zero-order valence-corrected chi connectivity index (χ0v) is 16.3. The van der Waals surface area contributed by atoms with Gasteiger partial charge in [0, 0.05) is 29.0 Å². The Morgan fingerprint density at radius 2 is 1.85 bits per heavy atom. The molecule has 0 spiro atoms. The number of thioether (sulfide) groups is 1. The molecule has 1 unspecified atom stereocenters. The summed E-state index contributed by atoms with van der Waals surface area (Å²) in [6.07, 6.45) is 6.93. The number of amides is 1. The van der Waals surface area contributed by atoms with Crippen molar-refractivity contribution < 1.29 is 4.79 Å². The quantitative estimate of drug-likeness (QED) is 0.818. The van der Waals surface area contributed by atoms with Crippen molar-refractivity contribution in [2.24, 2.45) is 0 Å². The van der Waals surface area contributed by atoms with Crippen LogP contribution >= 0.6 is 11.8 Å². The zero-order chi connectivity index (χ0) is 18.4. The monoisotopic (exact) mass is 364 g/mol. The van der Waals surface area contributed by atoms with E-state index < -0.39 is 5.66 Å². The van der Waals surface area contributed by atoms with Crippen molar-refractivity contribution in [2.45, 2.75) is 36.2 Å². The second kappa shape index (κ2) is 6.20. The number of hydrogen-bond acceptors (Lipinski definition) is 3. The maximum atomic E-state index is 12.4. The summed E-state index contributed by atoms with van der Waals surface area (Å²) in [7, 11) is 0. The van der Waals surface area contributed by atoms with Crippen LogP contribution in [-0.4, -0.2) is 24.4 Å². The largest absolute Gasteiger partial charge is 0.344 e. The Kier molecular flexibility index (Phi) is 4.11. The predicted molar refractivity (Wildman–Crippen MR) is 110 cm³/mol. The summed E-state index contributed by atoms with van der Waals surface area (Å²) in [5, 5.41) is 3.32. The molecule has 0 saturated carbocycles. The lowest BCUT2D eigenvalue weighted by molar-refractivity contribution is -0.124. The molecule has 2 aliphatic rings. The van der Waals surface area contributed by atoms with E-state index in [1.807, 2.05) is 0 Å². The molecule has 26 heavy (non-hydrogen) atoms. The van der Waals surface area contributed by atoms with Crippen LogP contribution in [0, 0.1) is 0 Å². The first-order chi connectivity index (χ1) is 12.5. The Morgan fingerprint density at radius 3 is 2.58 bits per heavy atom. The summed E-state index contributed by atoms with van der Waals surface area (Å²) < 4.78 is 0. The molecule has 1 saturated heterocycles. The second-order valence-electron chi connectivity index (χ2n) is 7.46. The molecule has 0 radical (unpaired) electrons. The van der Waals surface area contributed by atoms with E-state index in [9.17, 15) is 4.79 Å². The number of carbonyl (C=O) groups is 1. The normalized spacial score (nSPS) is 23.7. The van der Waals surface area contributed by atoms with Gasteiger partial charge in [-0.3, -0.25) is 4.79 Å². The van der Waals surface area contributed by atoms with E-state index in [-0.39, 0.29) is 11.3 Å². The summed E-state index contributed by atoms with van der Waals surface area (Å²) >= 11 is 1.74. The molecule has 1 amide bonds. The third-order valence-corrected chi connectivity index (χ3v) is 6.52. The van der Waals surface area contributed by atoms with Crippen molar-refractivity contribution in [1.82, 2.24) is 5.32 Å². The molecule has 1 N–H and O–H groups in total. The number of hydrogen-bond donors (Lipinski definition) is 1. The van der Waals surface area contributed by atoms with Gasteiger partial charge in [-0.25, -0.2) is 0 Å². The van der Waals surface area contributed by atoms with Gasteiger partial charge in [-0.2, -0.15) is 0 Å². The summed E-state index contributed by atoms with van der Waals surface area (Å²) in [6, 6.07) is 17.0. The predicted octanol–water partition coefficient (Wildman–Crippen LogP) is 4.44. The van der Waals surface area contributed by atoms with Gasteiger partial charge in [0.15, 0.2) is 0 Å². The van der Waals surface area contributed by atoms with Crippen molar-refractivity contribution in [3.8, 4) is 0 Å². The van der Waals surface area contributed by atoms with E-state index in [2.05, 4.69) is 91.0 Å². The number of para-hydroxylation sites is 1. The van der Waals surface area contributed by atoms with Gasteiger partial charge in [-0.15, -0.1) is 11.8 Å². The first kappa shape index (κ1) is 17.2. The van der Waals surface area contributed by atoms with Crippen molar-refractivity contribution in [3.63, 3.8) is 0 Å². The third kappa shape index (κ3) is 2.47. The molecule has 1 fully saturated rings. The lowest BCUT2D eigenvalue weighted by atomic mass is 9.74. The van der Waals surface area contributed by atoms with Crippen LogP contribution in [0.5, 0.6) is 0 Å². The minimum atomic E-state index is -0.538. The van der Waals surface area contributed by atoms with Crippen LogP contribution in [0.2, 0.25) is 0 Å². The molecule has 2 heterocycles. The number of anilines is 1. The van der Waals surface area contributed by atoms with Crippen LogP contribution in [-0.2, 0) is 10.2 Å². The van der Waals surface area contributed by atoms with Gasteiger partial charge in [0.1, 0.15) is 5.66 Å².